The number of aromatic nitrogens is 2. The van der Waals surface area contributed by atoms with Crippen molar-refractivity contribution < 1.29 is 5.11 Å². The topological polar surface area (TPSA) is 70.1 Å². The Morgan fingerprint density at radius 2 is 2.26 bits per heavy atom. The van der Waals surface area contributed by atoms with Crippen LogP contribution in [0.5, 0.6) is 0 Å². The van der Waals surface area contributed by atoms with Crippen molar-refractivity contribution in [2.75, 3.05) is 24.2 Å². The number of anilines is 2. The molecule has 19 heavy (non-hydrogen) atoms. The standard InChI is InChI=1S/C12H15ClN4OS/c1-12(18,8-4-3-5-19-8)6-15-11-9(14-2)10(13)16-7-17-11/h3-5,7,14,18H,6H2,1-2H3,(H,15,16,17). The summed E-state index contributed by atoms with van der Waals surface area (Å²) in [6.07, 6.45) is 1.38. The average Bonchev–Trinajstić information content (AvgIpc) is 2.91. The van der Waals surface area contributed by atoms with Crippen LogP contribution in [0.3, 0.4) is 0 Å². The Balaban J connectivity index is 2.13. The molecule has 0 aliphatic carbocycles. The highest BCUT2D eigenvalue weighted by Crippen LogP contribution is 2.29. The Bertz CT molecular complexity index is 545. The van der Waals surface area contributed by atoms with E-state index < -0.39 is 5.60 Å². The smallest absolute Gasteiger partial charge is 0.157 e. The number of halogens is 1. The summed E-state index contributed by atoms with van der Waals surface area (Å²) in [5.74, 6) is 0.569. The van der Waals surface area contributed by atoms with Gasteiger partial charge in [-0.2, -0.15) is 0 Å². The first-order valence-electron chi connectivity index (χ1n) is 5.73. The summed E-state index contributed by atoms with van der Waals surface area (Å²) >= 11 is 7.48. The molecule has 0 bridgehead atoms. The van der Waals surface area contributed by atoms with Gasteiger partial charge in [-0.15, -0.1) is 11.3 Å². The molecule has 0 aromatic carbocycles. The predicted molar refractivity (Wildman–Crippen MR) is 79.0 cm³/mol. The first kappa shape index (κ1) is 14.0. The van der Waals surface area contributed by atoms with E-state index >= 15 is 0 Å². The Kier molecular flexibility index (Phi) is 4.24. The van der Waals surface area contributed by atoms with E-state index in [1.54, 1.807) is 14.0 Å². The van der Waals surface area contributed by atoms with E-state index in [0.717, 1.165) is 4.88 Å². The van der Waals surface area contributed by atoms with Gasteiger partial charge < -0.3 is 15.7 Å². The van der Waals surface area contributed by atoms with Crippen molar-refractivity contribution in [1.29, 1.82) is 0 Å². The van der Waals surface area contributed by atoms with Crippen molar-refractivity contribution in [1.82, 2.24) is 9.97 Å². The van der Waals surface area contributed by atoms with Crippen LogP contribution in [-0.4, -0.2) is 28.7 Å². The van der Waals surface area contributed by atoms with E-state index in [1.807, 2.05) is 17.5 Å². The molecule has 2 rings (SSSR count). The highest BCUT2D eigenvalue weighted by molar-refractivity contribution is 7.10. The lowest BCUT2D eigenvalue weighted by Crippen LogP contribution is -2.30. The van der Waals surface area contributed by atoms with Gasteiger partial charge in [-0.05, 0) is 18.4 Å². The van der Waals surface area contributed by atoms with E-state index in [0.29, 0.717) is 23.2 Å². The molecule has 1 unspecified atom stereocenters. The minimum absolute atomic E-state index is 0.329. The third kappa shape index (κ3) is 3.15. The number of nitrogens with one attached hydrogen (secondary N) is 2. The largest absolute Gasteiger partial charge is 0.383 e. The lowest BCUT2D eigenvalue weighted by molar-refractivity contribution is 0.0754. The molecule has 0 amide bonds. The van der Waals surface area contributed by atoms with Crippen LogP contribution in [0, 0.1) is 0 Å². The van der Waals surface area contributed by atoms with Crippen molar-refractivity contribution in [2.24, 2.45) is 0 Å². The van der Waals surface area contributed by atoms with Crippen molar-refractivity contribution in [2.45, 2.75) is 12.5 Å². The Labute approximate surface area is 120 Å². The fraction of sp³-hybridized carbons (Fsp3) is 0.333. The monoisotopic (exact) mass is 298 g/mol. The van der Waals surface area contributed by atoms with Gasteiger partial charge in [-0.1, -0.05) is 17.7 Å². The highest BCUT2D eigenvalue weighted by Gasteiger charge is 2.24. The maximum Gasteiger partial charge on any atom is 0.157 e. The maximum atomic E-state index is 10.4. The molecule has 3 N–H and O–H groups in total. The lowest BCUT2D eigenvalue weighted by Gasteiger charge is -2.23. The van der Waals surface area contributed by atoms with Crippen LogP contribution in [0.2, 0.25) is 5.15 Å². The summed E-state index contributed by atoms with van der Waals surface area (Å²) in [4.78, 5) is 8.91. The van der Waals surface area contributed by atoms with Gasteiger partial charge in [0.05, 0.1) is 0 Å². The predicted octanol–water partition coefficient (Wildman–Crippen LogP) is 2.55. The minimum Gasteiger partial charge on any atom is -0.383 e. The molecule has 0 radical (unpaired) electrons. The van der Waals surface area contributed by atoms with Crippen molar-refractivity contribution in [3.63, 3.8) is 0 Å². The molecule has 0 fully saturated rings. The highest BCUT2D eigenvalue weighted by atomic mass is 35.5. The molecule has 0 saturated carbocycles. The molecule has 0 spiro atoms. The van der Waals surface area contributed by atoms with Crippen molar-refractivity contribution in [3.05, 3.63) is 33.9 Å². The molecule has 1 atom stereocenters. The zero-order valence-corrected chi connectivity index (χ0v) is 12.2. The van der Waals surface area contributed by atoms with Crippen LogP contribution < -0.4 is 10.6 Å². The molecule has 5 nitrogen and oxygen atoms in total. The molecule has 7 heteroatoms. The molecule has 2 aromatic heterocycles. The van der Waals surface area contributed by atoms with Gasteiger partial charge >= 0.3 is 0 Å². The summed E-state index contributed by atoms with van der Waals surface area (Å²) in [6, 6.07) is 3.81. The third-order valence-electron chi connectivity index (χ3n) is 2.70. The summed E-state index contributed by atoms with van der Waals surface area (Å²) in [5.41, 5.74) is -0.345. The van der Waals surface area contributed by atoms with Crippen molar-refractivity contribution in [3.8, 4) is 0 Å². The molecule has 2 heterocycles. The van der Waals surface area contributed by atoms with E-state index in [2.05, 4.69) is 20.6 Å². The minimum atomic E-state index is -0.962. The van der Waals surface area contributed by atoms with Crippen LogP contribution >= 0.6 is 22.9 Å². The summed E-state index contributed by atoms with van der Waals surface area (Å²) in [6.45, 7) is 2.09. The Hall–Kier alpha value is -1.37. The molecule has 0 saturated heterocycles. The second-order valence-corrected chi connectivity index (χ2v) is 5.55. The average molecular weight is 299 g/mol. The fourth-order valence-corrected chi connectivity index (χ4v) is 2.66. The second kappa shape index (κ2) is 5.73. The van der Waals surface area contributed by atoms with E-state index in [-0.39, 0.29) is 0 Å². The zero-order chi connectivity index (χ0) is 13.9. The van der Waals surface area contributed by atoms with Gasteiger partial charge in [-0.3, -0.25) is 0 Å². The van der Waals surface area contributed by atoms with Crippen LogP contribution in [0.1, 0.15) is 11.8 Å². The number of hydrogen-bond donors (Lipinski definition) is 3. The Morgan fingerprint density at radius 3 is 2.89 bits per heavy atom. The summed E-state index contributed by atoms with van der Waals surface area (Å²) in [5, 5.41) is 18.7. The van der Waals surface area contributed by atoms with Gasteiger partial charge in [0.1, 0.15) is 17.6 Å². The van der Waals surface area contributed by atoms with Gasteiger partial charge in [0.25, 0.3) is 0 Å². The summed E-state index contributed by atoms with van der Waals surface area (Å²) in [7, 11) is 1.74. The fourth-order valence-electron chi connectivity index (χ4n) is 1.65. The molecular weight excluding hydrogens is 284 g/mol. The van der Waals surface area contributed by atoms with E-state index in [9.17, 15) is 5.11 Å². The summed E-state index contributed by atoms with van der Waals surface area (Å²) < 4.78 is 0. The normalized spacial score (nSPS) is 13.9. The maximum absolute atomic E-state index is 10.4. The third-order valence-corrected chi connectivity index (χ3v) is 4.11. The number of rotatable bonds is 5. The SMILES string of the molecule is CNc1c(Cl)ncnc1NCC(C)(O)c1cccs1. The molecular formula is C12H15ClN4OS. The van der Waals surface area contributed by atoms with Gasteiger partial charge in [0.15, 0.2) is 11.0 Å². The zero-order valence-electron chi connectivity index (χ0n) is 10.6. The number of thiophene rings is 1. The number of aliphatic hydroxyl groups is 1. The van der Waals surface area contributed by atoms with Crippen LogP contribution in [0.25, 0.3) is 0 Å². The lowest BCUT2D eigenvalue weighted by atomic mass is 10.1. The van der Waals surface area contributed by atoms with Gasteiger partial charge in [-0.25, -0.2) is 9.97 Å². The van der Waals surface area contributed by atoms with E-state index in [1.165, 1.54) is 17.7 Å². The molecule has 0 aliphatic rings. The quantitative estimate of drug-likeness (QED) is 0.740. The molecule has 0 aliphatic heterocycles. The van der Waals surface area contributed by atoms with E-state index in [4.69, 9.17) is 11.6 Å². The first-order valence-corrected chi connectivity index (χ1v) is 6.99. The van der Waals surface area contributed by atoms with Crippen LogP contribution in [0.4, 0.5) is 11.5 Å². The molecule has 102 valence electrons. The second-order valence-electron chi connectivity index (χ2n) is 4.24. The van der Waals surface area contributed by atoms with Gasteiger partial charge in [0, 0.05) is 18.5 Å². The molecule has 2 aromatic rings. The van der Waals surface area contributed by atoms with Gasteiger partial charge in [0.2, 0.25) is 0 Å². The Morgan fingerprint density at radius 1 is 1.47 bits per heavy atom. The number of nitrogens with zero attached hydrogens (tertiary/aromatic N) is 2. The van der Waals surface area contributed by atoms with Crippen LogP contribution in [-0.2, 0) is 5.60 Å². The van der Waals surface area contributed by atoms with Crippen LogP contribution in [0.15, 0.2) is 23.8 Å². The first-order chi connectivity index (χ1) is 9.04. The number of hydrogen-bond acceptors (Lipinski definition) is 6. The van der Waals surface area contributed by atoms with Crippen molar-refractivity contribution >= 4 is 34.4 Å².